The second kappa shape index (κ2) is 8.64. The van der Waals surface area contributed by atoms with Gasteiger partial charge in [-0.1, -0.05) is 19.3 Å². The minimum absolute atomic E-state index is 0.0614. The van der Waals surface area contributed by atoms with Crippen LogP contribution in [0.1, 0.15) is 67.8 Å². The highest BCUT2D eigenvalue weighted by atomic mass is 16.2. The van der Waals surface area contributed by atoms with Crippen LogP contribution in [0.5, 0.6) is 0 Å². The Balaban J connectivity index is 1.46. The minimum atomic E-state index is -0.161. The van der Waals surface area contributed by atoms with E-state index < -0.39 is 0 Å². The molecule has 0 radical (unpaired) electrons. The lowest BCUT2D eigenvalue weighted by molar-refractivity contribution is 0.0929. The van der Waals surface area contributed by atoms with Gasteiger partial charge in [-0.25, -0.2) is 4.98 Å². The molecule has 2 fully saturated rings. The number of nitrogens with zero attached hydrogens (tertiary/aromatic N) is 4. The van der Waals surface area contributed by atoms with Crippen LogP contribution >= 0.6 is 0 Å². The van der Waals surface area contributed by atoms with E-state index in [1.807, 2.05) is 12.3 Å². The maximum atomic E-state index is 13.0. The normalized spacial score (nSPS) is 17.2. The molecule has 3 aromatic heterocycles. The van der Waals surface area contributed by atoms with Crippen molar-refractivity contribution in [1.82, 2.24) is 24.5 Å². The number of fused-ring (bicyclic) bond motifs is 1. The van der Waals surface area contributed by atoms with E-state index in [0.717, 1.165) is 44.9 Å². The Labute approximate surface area is 186 Å². The topological polar surface area (TPSA) is 105 Å². The van der Waals surface area contributed by atoms with E-state index in [1.54, 1.807) is 34.5 Å². The molecule has 5 rings (SSSR count). The minimum Gasteiger partial charge on any atom is -0.373 e. The number of nitrogens with one attached hydrogen (secondary N) is 3. The van der Waals surface area contributed by atoms with Gasteiger partial charge in [0, 0.05) is 31.4 Å². The predicted octanol–water partition coefficient (Wildman–Crippen LogP) is 3.46. The molecule has 0 unspecified atom stereocenters. The van der Waals surface area contributed by atoms with Crippen molar-refractivity contribution in [2.24, 2.45) is 0 Å². The molecule has 168 valence electrons. The summed E-state index contributed by atoms with van der Waals surface area (Å²) in [6, 6.07) is 5.89. The Hall–Kier alpha value is -3.36. The first-order valence-electron chi connectivity index (χ1n) is 11.5. The van der Waals surface area contributed by atoms with Crippen molar-refractivity contribution >= 4 is 28.9 Å². The van der Waals surface area contributed by atoms with Crippen LogP contribution in [0.15, 0.2) is 35.4 Å². The largest absolute Gasteiger partial charge is 0.373 e. The smallest absolute Gasteiger partial charge is 0.274 e. The molecule has 2 aliphatic rings. The van der Waals surface area contributed by atoms with Crippen LogP contribution in [0, 0.1) is 0 Å². The van der Waals surface area contributed by atoms with Gasteiger partial charge in [0.2, 0.25) is 0 Å². The lowest BCUT2D eigenvalue weighted by Crippen LogP contribution is -2.36. The van der Waals surface area contributed by atoms with Gasteiger partial charge < -0.3 is 20.5 Å². The molecule has 0 bridgehead atoms. The third kappa shape index (κ3) is 3.83. The van der Waals surface area contributed by atoms with Crippen molar-refractivity contribution in [3.63, 3.8) is 0 Å². The Morgan fingerprint density at radius 3 is 2.66 bits per heavy atom. The van der Waals surface area contributed by atoms with Gasteiger partial charge in [-0.15, -0.1) is 0 Å². The molecule has 2 saturated carbocycles. The number of hydrogen-bond donors (Lipinski definition) is 3. The van der Waals surface area contributed by atoms with Gasteiger partial charge >= 0.3 is 0 Å². The third-order valence-corrected chi connectivity index (χ3v) is 6.62. The van der Waals surface area contributed by atoms with E-state index in [4.69, 9.17) is 0 Å². The third-order valence-electron chi connectivity index (χ3n) is 6.62. The highest BCUT2D eigenvalue weighted by Gasteiger charge is 2.23. The lowest BCUT2D eigenvalue weighted by Gasteiger charge is -2.27. The van der Waals surface area contributed by atoms with Crippen molar-refractivity contribution in [2.45, 2.75) is 63.5 Å². The number of carbonyl (C=O) groups is 1. The van der Waals surface area contributed by atoms with Gasteiger partial charge in [-0.05, 0) is 44.2 Å². The molecule has 1 amide bonds. The molecule has 0 aliphatic heterocycles. The van der Waals surface area contributed by atoms with Crippen LogP contribution in [0.2, 0.25) is 0 Å². The summed E-state index contributed by atoms with van der Waals surface area (Å²) in [4.78, 5) is 30.6. The summed E-state index contributed by atoms with van der Waals surface area (Å²) < 4.78 is 3.41. The SMILES string of the molecule is CNc1cc(Nc2cccn(C3CCC3)c2=O)nc2c(C(=O)NC3CCCCC3)cnn12. The van der Waals surface area contributed by atoms with E-state index in [2.05, 4.69) is 26.0 Å². The van der Waals surface area contributed by atoms with Crippen LogP contribution in [-0.4, -0.2) is 38.2 Å². The van der Waals surface area contributed by atoms with Crippen LogP contribution in [-0.2, 0) is 0 Å². The molecule has 32 heavy (non-hydrogen) atoms. The van der Waals surface area contributed by atoms with Gasteiger partial charge in [0.05, 0.1) is 6.20 Å². The molecule has 2 aliphatic carbocycles. The van der Waals surface area contributed by atoms with Crippen molar-refractivity contribution in [3.8, 4) is 0 Å². The maximum Gasteiger partial charge on any atom is 0.274 e. The summed E-state index contributed by atoms with van der Waals surface area (Å²) in [6.45, 7) is 0. The van der Waals surface area contributed by atoms with Crippen molar-refractivity contribution in [3.05, 3.63) is 46.5 Å². The van der Waals surface area contributed by atoms with Gasteiger partial charge in [0.25, 0.3) is 11.5 Å². The fraction of sp³-hybridized carbons (Fsp3) is 0.478. The fourth-order valence-electron chi connectivity index (χ4n) is 4.57. The summed E-state index contributed by atoms with van der Waals surface area (Å²) >= 11 is 0. The molecule has 0 aromatic carbocycles. The number of anilines is 3. The molecule has 9 heteroatoms. The summed E-state index contributed by atoms with van der Waals surface area (Å²) in [6.07, 6.45) is 12.2. The Bertz CT molecular complexity index is 1190. The molecule has 3 heterocycles. The quantitative estimate of drug-likeness (QED) is 0.548. The first-order chi connectivity index (χ1) is 15.6. The number of aromatic nitrogens is 4. The van der Waals surface area contributed by atoms with E-state index in [9.17, 15) is 9.59 Å². The van der Waals surface area contributed by atoms with E-state index in [0.29, 0.717) is 28.5 Å². The van der Waals surface area contributed by atoms with Gasteiger partial charge in [0.15, 0.2) is 5.65 Å². The number of rotatable bonds is 6. The summed E-state index contributed by atoms with van der Waals surface area (Å²) in [5.74, 6) is 0.993. The number of carbonyl (C=O) groups excluding carboxylic acids is 1. The van der Waals surface area contributed by atoms with Crippen LogP contribution in [0.4, 0.5) is 17.3 Å². The average Bonchev–Trinajstić information content (AvgIpc) is 3.19. The number of pyridine rings is 1. The van der Waals surface area contributed by atoms with Gasteiger partial charge in [-0.2, -0.15) is 9.61 Å². The Morgan fingerprint density at radius 2 is 1.94 bits per heavy atom. The lowest BCUT2D eigenvalue weighted by atomic mass is 9.93. The van der Waals surface area contributed by atoms with Crippen LogP contribution < -0.4 is 21.5 Å². The molecule has 3 aromatic rings. The molecule has 0 atom stereocenters. The van der Waals surface area contributed by atoms with E-state index in [1.165, 1.54) is 6.42 Å². The molecule has 3 N–H and O–H groups in total. The Kier molecular flexibility index (Phi) is 5.55. The zero-order valence-electron chi connectivity index (χ0n) is 18.3. The Morgan fingerprint density at radius 1 is 1.12 bits per heavy atom. The first-order valence-corrected chi connectivity index (χ1v) is 11.5. The van der Waals surface area contributed by atoms with Crippen LogP contribution in [0.3, 0.4) is 0 Å². The van der Waals surface area contributed by atoms with Crippen molar-refractivity contribution < 1.29 is 4.79 Å². The molecule has 9 nitrogen and oxygen atoms in total. The molecular weight excluding hydrogens is 406 g/mol. The molecule has 0 spiro atoms. The standard InChI is InChI=1S/C23H29N7O2/c1-24-20-13-19(27-18-11-6-12-29(23(18)32)16-9-5-10-16)28-21-17(14-25-30(20)21)22(31)26-15-7-3-2-4-8-15/h6,11-16,24H,2-5,7-10H2,1H3,(H,26,31)(H,27,28). The van der Waals surface area contributed by atoms with Crippen molar-refractivity contribution in [1.29, 1.82) is 0 Å². The van der Waals surface area contributed by atoms with Gasteiger partial charge in [0.1, 0.15) is 22.9 Å². The van der Waals surface area contributed by atoms with Gasteiger partial charge in [-0.3, -0.25) is 9.59 Å². The number of hydrogen-bond acceptors (Lipinski definition) is 6. The highest BCUT2D eigenvalue weighted by molar-refractivity contribution is 6.00. The average molecular weight is 436 g/mol. The van der Waals surface area contributed by atoms with E-state index in [-0.39, 0.29) is 23.6 Å². The highest BCUT2D eigenvalue weighted by Crippen LogP contribution is 2.30. The van der Waals surface area contributed by atoms with E-state index >= 15 is 0 Å². The predicted molar refractivity (Wildman–Crippen MR) is 124 cm³/mol. The summed E-state index contributed by atoms with van der Waals surface area (Å²) in [5, 5.41) is 13.8. The number of amides is 1. The zero-order chi connectivity index (χ0) is 22.1. The summed E-state index contributed by atoms with van der Waals surface area (Å²) in [7, 11) is 1.79. The van der Waals surface area contributed by atoms with Crippen molar-refractivity contribution in [2.75, 3.05) is 17.7 Å². The second-order valence-corrected chi connectivity index (χ2v) is 8.72. The summed E-state index contributed by atoms with van der Waals surface area (Å²) in [5.41, 5.74) is 1.28. The molecular formula is C23H29N7O2. The fourth-order valence-corrected chi connectivity index (χ4v) is 4.57. The first kappa shape index (κ1) is 20.5. The maximum absolute atomic E-state index is 13.0. The zero-order valence-corrected chi connectivity index (χ0v) is 18.3. The monoisotopic (exact) mass is 435 g/mol. The second-order valence-electron chi connectivity index (χ2n) is 8.72. The van der Waals surface area contributed by atoms with Crippen LogP contribution in [0.25, 0.3) is 5.65 Å². The molecule has 0 saturated heterocycles.